The van der Waals surface area contributed by atoms with Crippen LogP contribution in [0.4, 0.5) is 0 Å². The number of aryl methyl sites for hydroxylation is 1. The van der Waals surface area contributed by atoms with Crippen molar-refractivity contribution in [2.24, 2.45) is 0 Å². The van der Waals surface area contributed by atoms with Crippen LogP contribution in [0.5, 0.6) is 0 Å². The third-order valence-electron chi connectivity index (χ3n) is 3.96. The number of benzene rings is 1. The number of nitrogens with zero attached hydrogens (tertiary/aromatic N) is 3. The Labute approximate surface area is 123 Å². The van der Waals surface area contributed by atoms with Crippen LogP contribution in [0, 0.1) is 6.92 Å². The average molecular weight is 278 g/mol. The fourth-order valence-corrected chi connectivity index (χ4v) is 2.63. The van der Waals surface area contributed by atoms with Gasteiger partial charge in [-0.05, 0) is 43.0 Å². The predicted octanol–water partition coefficient (Wildman–Crippen LogP) is 2.98. The van der Waals surface area contributed by atoms with Crippen molar-refractivity contribution in [3.05, 3.63) is 53.9 Å². The van der Waals surface area contributed by atoms with E-state index in [2.05, 4.69) is 40.5 Å². The van der Waals surface area contributed by atoms with Gasteiger partial charge in [0, 0.05) is 24.2 Å². The lowest BCUT2D eigenvalue weighted by Crippen LogP contribution is -2.16. The summed E-state index contributed by atoms with van der Waals surface area (Å²) in [5, 5.41) is 9.14. The van der Waals surface area contributed by atoms with Gasteiger partial charge in [0.1, 0.15) is 0 Å². The Morgan fingerprint density at radius 2 is 2.10 bits per heavy atom. The lowest BCUT2D eigenvalue weighted by Gasteiger charge is -2.09. The molecule has 2 aromatic heterocycles. The van der Waals surface area contributed by atoms with E-state index in [1.165, 1.54) is 18.4 Å². The van der Waals surface area contributed by atoms with E-state index in [-0.39, 0.29) is 0 Å². The minimum absolute atomic E-state index is 0.722. The van der Waals surface area contributed by atoms with Crippen LogP contribution in [0.2, 0.25) is 0 Å². The van der Waals surface area contributed by atoms with Gasteiger partial charge >= 0.3 is 0 Å². The average Bonchev–Trinajstić information content (AvgIpc) is 3.24. The SMILES string of the molecule is Cc1cc(CNC2CC2)cnc1-n1ncc2ccccc21. The maximum Gasteiger partial charge on any atom is 0.156 e. The van der Waals surface area contributed by atoms with Crippen LogP contribution in [0.3, 0.4) is 0 Å². The molecule has 2 heterocycles. The molecule has 1 fully saturated rings. The zero-order valence-electron chi connectivity index (χ0n) is 12.1. The van der Waals surface area contributed by atoms with Gasteiger partial charge in [-0.1, -0.05) is 18.2 Å². The number of pyridine rings is 1. The van der Waals surface area contributed by atoms with Crippen LogP contribution >= 0.6 is 0 Å². The Bertz CT molecular complexity index is 786. The lowest BCUT2D eigenvalue weighted by molar-refractivity contribution is 0.684. The van der Waals surface area contributed by atoms with Gasteiger partial charge in [-0.15, -0.1) is 0 Å². The van der Waals surface area contributed by atoms with E-state index >= 15 is 0 Å². The minimum atomic E-state index is 0.722. The number of rotatable bonds is 4. The number of para-hydroxylation sites is 1. The van der Waals surface area contributed by atoms with Crippen molar-refractivity contribution in [1.82, 2.24) is 20.1 Å². The zero-order chi connectivity index (χ0) is 14.2. The molecule has 1 N–H and O–H groups in total. The van der Waals surface area contributed by atoms with Crippen LogP contribution in [-0.4, -0.2) is 20.8 Å². The van der Waals surface area contributed by atoms with Crippen LogP contribution in [0.15, 0.2) is 42.7 Å². The van der Waals surface area contributed by atoms with Crippen molar-refractivity contribution < 1.29 is 0 Å². The van der Waals surface area contributed by atoms with Crippen LogP contribution in [0.1, 0.15) is 24.0 Å². The first-order chi connectivity index (χ1) is 10.3. The van der Waals surface area contributed by atoms with Crippen LogP contribution in [-0.2, 0) is 6.54 Å². The summed E-state index contributed by atoms with van der Waals surface area (Å²) in [4.78, 5) is 4.63. The summed E-state index contributed by atoms with van der Waals surface area (Å²) >= 11 is 0. The summed E-state index contributed by atoms with van der Waals surface area (Å²) in [5.74, 6) is 0.909. The van der Waals surface area contributed by atoms with E-state index in [0.29, 0.717) is 0 Å². The largest absolute Gasteiger partial charge is 0.310 e. The summed E-state index contributed by atoms with van der Waals surface area (Å²) < 4.78 is 1.92. The van der Waals surface area contributed by atoms with E-state index in [1.54, 1.807) is 0 Å². The molecular formula is C17H18N4. The Balaban J connectivity index is 1.67. The summed E-state index contributed by atoms with van der Waals surface area (Å²) in [6, 6.07) is 11.1. The second-order valence-electron chi connectivity index (χ2n) is 5.75. The highest BCUT2D eigenvalue weighted by Crippen LogP contribution is 2.21. The van der Waals surface area contributed by atoms with Crippen molar-refractivity contribution in [3.8, 4) is 5.82 Å². The van der Waals surface area contributed by atoms with Gasteiger partial charge in [0.05, 0.1) is 11.7 Å². The molecule has 4 nitrogen and oxygen atoms in total. The molecule has 0 spiro atoms. The number of nitrogens with one attached hydrogen (secondary N) is 1. The van der Waals surface area contributed by atoms with E-state index in [4.69, 9.17) is 0 Å². The topological polar surface area (TPSA) is 42.7 Å². The highest BCUT2D eigenvalue weighted by atomic mass is 15.3. The highest BCUT2D eigenvalue weighted by Gasteiger charge is 2.20. The van der Waals surface area contributed by atoms with Crippen molar-refractivity contribution in [2.45, 2.75) is 32.4 Å². The predicted molar refractivity (Wildman–Crippen MR) is 83.5 cm³/mol. The van der Waals surface area contributed by atoms with Gasteiger partial charge in [0.25, 0.3) is 0 Å². The van der Waals surface area contributed by atoms with E-state index in [1.807, 2.05) is 29.2 Å². The molecule has 3 aromatic rings. The molecule has 0 unspecified atom stereocenters. The molecule has 0 bridgehead atoms. The Hall–Kier alpha value is -2.20. The quantitative estimate of drug-likeness (QED) is 0.798. The maximum absolute atomic E-state index is 4.63. The van der Waals surface area contributed by atoms with Gasteiger partial charge in [-0.3, -0.25) is 0 Å². The normalized spacial score (nSPS) is 14.7. The van der Waals surface area contributed by atoms with Gasteiger partial charge in [-0.2, -0.15) is 5.10 Å². The molecule has 1 aliphatic rings. The molecule has 1 aromatic carbocycles. The summed E-state index contributed by atoms with van der Waals surface area (Å²) in [7, 11) is 0. The summed E-state index contributed by atoms with van der Waals surface area (Å²) in [6.07, 6.45) is 6.46. The monoisotopic (exact) mass is 278 g/mol. The molecule has 21 heavy (non-hydrogen) atoms. The molecule has 4 heteroatoms. The summed E-state index contributed by atoms with van der Waals surface area (Å²) in [5.41, 5.74) is 3.48. The summed E-state index contributed by atoms with van der Waals surface area (Å²) in [6.45, 7) is 3.00. The van der Waals surface area contributed by atoms with Crippen molar-refractivity contribution >= 4 is 10.9 Å². The Morgan fingerprint density at radius 3 is 2.90 bits per heavy atom. The van der Waals surface area contributed by atoms with Crippen LogP contribution in [0.25, 0.3) is 16.7 Å². The molecule has 0 radical (unpaired) electrons. The minimum Gasteiger partial charge on any atom is -0.310 e. The van der Waals surface area contributed by atoms with E-state index < -0.39 is 0 Å². The molecule has 106 valence electrons. The Morgan fingerprint density at radius 1 is 1.24 bits per heavy atom. The first-order valence-electron chi connectivity index (χ1n) is 7.43. The molecule has 4 rings (SSSR count). The number of hydrogen-bond acceptors (Lipinski definition) is 3. The molecule has 1 saturated carbocycles. The lowest BCUT2D eigenvalue weighted by atomic mass is 10.2. The molecule has 0 saturated heterocycles. The first kappa shape index (κ1) is 12.5. The number of hydrogen-bond donors (Lipinski definition) is 1. The Kier molecular flexibility index (Phi) is 2.97. The third-order valence-corrected chi connectivity index (χ3v) is 3.96. The molecule has 0 amide bonds. The molecular weight excluding hydrogens is 260 g/mol. The first-order valence-corrected chi connectivity index (χ1v) is 7.43. The fraction of sp³-hybridized carbons (Fsp3) is 0.294. The van der Waals surface area contributed by atoms with E-state index in [9.17, 15) is 0 Å². The fourth-order valence-electron chi connectivity index (χ4n) is 2.63. The second-order valence-corrected chi connectivity index (χ2v) is 5.75. The standard InChI is InChI=1S/C17H18N4/c1-12-8-13(9-18-15-6-7-15)10-19-17(12)21-16-5-3-2-4-14(16)11-20-21/h2-5,8,10-11,15,18H,6-7,9H2,1H3. The van der Waals surface area contributed by atoms with E-state index in [0.717, 1.165) is 34.9 Å². The molecule has 1 aliphatic carbocycles. The van der Waals surface area contributed by atoms with Gasteiger partial charge in [0.15, 0.2) is 5.82 Å². The van der Waals surface area contributed by atoms with Crippen molar-refractivity contribution in [2.75, 3.05) is 0 Å². The maximum atomic E-state index is 4.63. The smallest absolute Gasteiger partial charge is 0.156 e. The number of aromatic nitrogens is 3. The van der Waals surface area contributed by atoms with Gasteiger partial charge in [-0.25, -0.2) is 9.67 Å². The molecule has 0 aliphatic heterocycles. The van der Waals surface area contributed by atoms with Crippen LogP contribution < -0.4 is 5.32 Å². The highest BCUT2D eigenvalue weighted by molar-refractivity contribution is 5.79. The van der Waals surface area contributed by atoms with Crippen molar-refractivity contribution in [1.29, 1.82) is 0 Å². The van der Waals surface area contributed by atoms with Gasteiger partial charge < -0.3 is 5.32 Å². The molecule has 0 atom stereocenters. The zero-order valence-corrected chi connectivity index (χ0v) is 12.1. The van der Waals surface area contributed by atoms with Gasteiger partial charge in [0.2, 0.25) is 0 Å². The second kappa shape index (κ2) is 4.97. The number of fused-ring (bicyclic) bond motifs is 1. The third kappa shape index (κ3) is 2.43. The van der Waals surface area contributed by atoms with Crippen molar-refractivity contribution in [3.63, 3.8) is 0 Å².